The zero-order valence-electron chi connectivity index (χ0n) is 11.3. The molecule has 1 aliphatic rings. The molecule has 2 rings (SSSR count). The van der Waals surface area contributed by atoms with Crippen molar-refractivity contribution >= 4 is 5.95 Å². The fraction of sp³-hybridized carbons (Fsp3) is 0.786. The molecule has 0 aromatic carbocycles. The molecule has 2 unspecified atom stereocenters. The Morgan fingerprint density at radius 3 is 3.00 bits per heavy atom. The minimum absolute atomic E-state index is 0.477. The van der Waals surface area contributed by atoms with Crippen molar-refractivity contribution in [3.05, 3.63) is 12.4 Å². The van der Waals surface area contributed by atoms with E-state index in [1.807, 2.05) is 6.20 Å². The number of rotatable bonds is 4. The van der Waals surface area contributed by atoms with Crippen LogP contribution in [0.4, 0.5) is 5.95 Å². The van der Waals surface area contributed by atoms with Crippen molar-refractivity contribution in [1.29, 1.82) is 0 Å². The normalized spacial score (nSPS) is 25.2. The molecule has 1 saturated carbocycles. The Morgan fingerprint density at radius 2 is 2.29 bits per heavy atom. The van der Waals surface area contributed by atoms with Crippen LogP contribution in [0.25, 0.3) is 0 Å². The van der Waals surface area contributed by atoms with Crippen LogP contribution in [0.15, 0.2) is 12.4 Å². The summed E-state index contributed by atoms with van der Waals surface area (Å²) in [4.78, 5) is 4.43. The van der Waals surface area contributed by atoms with Gasteiger partial charge in [-0.05, 0) is 32.6 Å². The molecule has 0 aliphatic heterocycles. The second-order valence-corrected chi connectivity index (χ2v) is 5.53. The van der Waals surface area contributed by atoms with Crippen LogP contribution in [0, 0.1) is 5.92 Å². The molecule has 3 heteroatoms. The van der Waals surface area contributed by atoms with Gasteiger partial charge in [-0.25, -0.2) is 4.98 Å². The van der Waals surface area contributed by atoms with Crippen LogP contribution in [-0.4, -0.2) is 15.6 Å². The average Bonchev–Trinajstić information content (AvgIpc) is 2.77. The fourth-order valence-electron chi connectivity index (χ4n) is 2.82. The summed E-state index contributed by atoms with van der Waals surface area (Å²) in [5, 5.41) is 3.63. The molecule has 1 heterocycles. The first-order chi connectivity index (χ1) is 8.20. The van der Waals surface area contributed by atoms with Crippen LogP contribution in [0.1, 0.15) is 58.9 Å². The van der Waals surface area contributed by atoms with E-state index in [0.717, 1.165) is 11.9 Å². The summed E-state index contributed by atoms with van der Waals surface area (Å²) in [7, 11) is 0. The third-order valence-electron chi connectivity index (χ3n) is 3.92. The molecule has 0 spiro atoms. The first-order valence-electron chi connectivity index (χ1n) is 7.00. The van der Waals surface area contributed by atoms with Gasteiger partial charge in [0.15, 0.2) is 0 Å². The van der Waals surface area contributed by atoms with Gasteiger partial charge in [0.2, 0.25) is 5.95 Å². The highest BCUT2D eigenvalue weighted by Crippen LogP contribution is 2.28. The van der Waals surface area contributed by atoms with Crippen LogP contribution in [0.5, 0.6) is 0 Å². The summed E-state index contributed by atoms with van der Waals surface area (Å²) >= 11 is 0. The first-order valence-corrected chi connectivity index (χ1v) is 7.00. The molecule has 17 heavy (non-hydrogen) atoms. The van der Waals surface area contributed by atoms with E-state index in [-0.39, 0.29) is 0 Å². The van der Waals surface area contributed by atoms with E-state index in [1.165, 1.54) is 32.1 Å². The van der Waals surface area contributed by atoms with E-state index < -0.39 is 0 Å². The lowest BCUT2D eigenvalue weighted by atomic mass is 9.84. The van der Waals surface area contributed by atoms with Gasteiger partial charge >= 0.3 is 0 Å². The van der Waals surface area contributed by atoms with Crippen molar-refractivity contribution in [2.45, 2.75) is 65.0 Å². The Kier molecular flexibility index (Phi) is 4.08. The number of hydrogen-bond acceptors (Lipinski definition) is 2. The molecule has 2 atom stereocenters. The van der Waals surface area contributed by atoms with Crippen molar-refractivity contribution < 1.29 is 0 Å². The lowest BCUT2D eigenvalue weighted by molar-refractivity contribution is 0.326. The van der Waals surface area contributed by atoms with E-state index in [2.05, 4.69) is 41.8 Å². The lowest BCUT2D eigenvalue weighted by Gasteiger charge is -2.29. The van der Waals surface area contributed by atoms with Gasteiger partial charge in [0.05, 0.1) is 0 Å². The Bertz CT molecular complexity index is 343. The van der Waals surface area contributed by atoms with Gasteiger partial charge in [-0.1, -0.05) is 26.2 Å². The molecule has 96 valence electrons. The summed E-state index contributed by atoms with van der Waals surface area (Å²) < 4.78 is 2.22. The molecule has 0 saturated heterocycles. The van der Waals surface area contributed by atoms with E-state index in [9.17, 15) is 0 Å². The number of aromatic nitrogens is 2. The summed E-state index contributed by atoms with van der Waals surface area (Å²) in [5.74, 6) is 1.95. The maximum Gasteiger partial charge on any atom is 0.203 e. The molecular weight excluding hydrogens is 210 g/mol. The molecule has 3 nitrogen and oxygen atoms in total. The van der Waals surface area contributed by atoms with E-state index in [4.69, 9.17) is 0 Å². The Hall–Kier alpha value is -0.990. The predicted molar refractivity (Wildman–Crippen MR) is 72.3 cm³/mol. The largest absolute Gasteiger partial charge is 0.353 e. The quantitative estimate of drug-likeness (QED) is 0.859. The van der Waals surface area contributed by atoms with Crippen molar-refractivity contribution in [3.63, 3.8) is 0 Å². The van der Waals surface area contributed by atoms with E-state index in [1.54, 1.807) is 0 Å². The van der Waals surface area contributed by atoms with Crippen LogP contribution in [0.3, 0.4) is 0 Å². The number of imidazole rings is 1. The van der Waals surface area contributed by atoms with Gasteiger partial charge in [0.1, 0.15) is 0 Å². The van der Waals surface area contributed by atoms with E-state index in [0.29, 0.717) is 12.1 Å². The van der Waals surface area contributed by atoms with Crippen molar-refractivity contribution in [1.82, 2.24) is 9.55 Å². The SMILES string of the molecule is CCC1CCCC(Nc2nccn2C(C)C)C1. The number of anilines is 1. The highest BCUT2D eigenvalue weighted by molar-refractivity contribution is 5.28. The topological polar surface area (TPSA) is 29.9 Å². The predicted octanol–water partition coefficient (Wildman–Crippen LogP) is 3.84. The first kappa shape index (κ1) is 12.5. The fourth-order valence-corrected chi connectivity index (χ4v) is 2.82. The summed E-state index contributed by atoms with van der Waals surface area (Å²) in [5.41, 5.74) is 0. The average molecular weight is 235 g/mol. The Labute approximate surface area is 105 Å². The van der Waals surface area contributed by atoms with Crippen molar-refractivity contribution in [3.8, 4) is 0 Å². The van der Waals surface area contributed by atoms with Gasteiger partial charge in [-0.2, -0.15) is 0 Å². The number of nitrogens with one attached hydrogen (secondary N) is 1. The number of hydrogen-bond donors (Lipinski definition) is 1. The highest BCUT2D eigenvalue weighted by Gasteiger charge is 2.21. The third-order valence-corrected chi connectivity index (χ3v) is 3.92. The third kappa shape index (κ3) is 3.02. The lowest BCUT2D eigenvalue weighted by Crippen LogP contribution is -2.28. The zero-order valence-corrected chi connectivity index (χ0v) is 11.3. The van der Waals surface area contributed by atoms with Gasteiger partial charge in [0, 0.05) is 24.5 Å². The maximum absolute atomic E-state index is 4.43. The minimum atomic E-state index is 0.477. The second kappa shape index (κ2) is 5.56. The van der Waals surface area contributed by atoms with Crippen LogP contribution in [0.2, 0.25) is 0 Å². The Morgan fingerprint density at radius 1 is 1.47 bits per heavy atom. The molecular formula is C14H25N3. The number of nitrogens with zero attached hydrogens (tertiary/aromatic N) is 2. The molecule has 0 amide bonds. The smallest absolute Gasteiger partial charge is 0.203 e. The molecule has 1 fully saturated rings. The summed E-state index contributed by atoms with van der Waals surface area (Å²) in [6, 6.07) is 1.10. The van der Waals surface area contributed by atoms with Gasteiger partial charge in [0.25, 0.3) is 0 Å². The minimum Gasteiger partial charge on any atom is -0.353 e. The molecule has 1 aromatic rings. The van der Waals surface area contributed by atoms with Crippen LogP contribution in [-0.2, 0) is 0 Å². The molecule has 0 radical (unpaired) electrons. The van der Waals surface area contributed by atoms with Crippen molar-refractivity contribution in [2.75, 3.05) is 5.32 Å². The molecule has 0 bridgehead atoms. The summed E-state index contributed by atoms with van der Waals surface area (Å²) in [6.45, 7) is 6.70. The van der Waals surface area contributed by atoms with E-state index >= 15 is 0 Å². The molecule has 1 N–H and O–H groups in total. The maximum atomic E-state index is 4.43. The zero-order chi connectivity index (χ0) is 12.3. The molecule has 1 aliphatic carbocycles. The van der Waals surface area contributed by atoms with Gasteiger partial charge in [-0.15, -0.1) is 0 Å². The summed E-state index contributed by atoms with van der Waals surface area (Å²) in [6.07, 6.45) is 10.6. The Balaban J connectivity index is 1.98. The standard InChI is InChI=1S/C14H25N3/c1-4-12-6-5-7-13(10-12)16-14-15-8-9-17(14)11(2)3/h8-9,11-13H,4-7,10H2,1-3H3,(H,15,16). The highest BCUT2D eigenvalue weighted by atomic mass is 15.2. The monoisotopic (exact) mass is 235 g/mol. The van der Waals surface area contributed by atoms with Crippen LogP contribution >= 0.6 is 0 Å². The van der Waals surface area contributed by atoms with Gasteiger partial charge in [-0.3, -0.25) is 0 Å². The van der Waals surface area contributed by atoms with Crippen molar-refractivity contribution in [2.24, 2.45) is 5.92 Å². The van der Waals surface area contributed by atoms with Crippen LogP contribution < -0.4 is 5.32 Å². The second-order valence-electron chi connectivity index (χ2n) is 5.53. The molecule has 1 aromatic heterocycles. The van der Waals surface area contributed by atoms with Gasteiger partial charge < -0.3 is 9.88 Å².